The molecule has 0 spiro atoms. The number of thioether (sulfide) groups is 1. The van der Waals surface area contributed by atoms with Crippen LogP contribution < -0.4 is 5.32 Å². The summed E-state index contributed by atoms with van der Waals surface area (Å²) in [7, 11) is 0. The molecule has 1 aromatic rings. The fourth-order valence-corrected chi connectivity index (χ4v) is 3.51. The van der Waals surface area contributed by atoms with Crippen LogP contribution in [-0.2, 0) is 0 Å². The maximum Gasteiger partial charge on any atom is 0.338 e. The molecule has 0 saturated heterocycles. The van der Waals surface area contributed by atoms with Gasteiger partial charge >= 0.3 is 5.97 Å². The molecule has 0 amide bonds. The van der Waals surface area contributed by atoms with Crippen LogP contribution in [0.1, 0.15) is 29.6 Å². The number of hydrogen-bond acceptors (Lipinski definition) is 5. The van der Waals surface area contributed by atoms with Gasteiger partial charge in [-0.25, -0.2) is 4.79 Å². The van der Waals surface area contributed by atoms with Crippen LogP contribution in [0, 0.1) is 10.1 Å². The molecule has 21 heavy (non-hydrogen) atoms. The van der Waals surface area contributed by atoms with E-state index in [-0.39, 0.29) is 26.7 Å². The quantitative estimate of drug-likeness (QED) is 0.611. The Balaban J connectivity index is 2.29. The molecule has 1 aliphatic carbocycles. The highest BCUT2D eigenvalue weighted by Gasteiger charge is 2.36. The van der Waals surface area contributed by atoms with E-state index in [4.69, 9.17) is 11.6 Å². The lowest BCUT2D eigenvalue weighted by molar-refractivity contribution is -0.384. The van der Waals surface area contributed by atoms with Crippen molar-refractivity contribution < 1.29 is 14.8 Å². The number of aromatic carboxylic acids is 1. The molecule has 0 aromatic heterocycles. The van der Waals surface area contributed by atoms with Gasteiger partial charge in [0.1, 0.15) is 0 Å². The van der Waals surface area contributed by atoms with Gasteiger partial charge in [-0.15, -0.1) is 0 Å². The minimum Gasteiger partial charge on any atom is -0.478 e. The van der Waals surface area contributed by atoms with Crippen LogP contribution in [0.4, 0.5) is 11.4 Å². The number of nitro groups is 1. The summed E-state index contributed by atoms with van der Waals surface area (Å²) in [5.74, 6) is -1.24. The van der Waals surface area contributed by atoms with Crippen molar-refractivity contribution in [3.8, 4) is 0 Å². The van der Waals surface area contributed by atoms with Crippen LogP contribution in [-0.4, -0.2) is 33.5 Å². The van der Waals surface area contributed by atoms with Crippen LogP contribution in [0.5, 0.6) is 0 Å². The molecular formula is C13H15ClN2O4S. The first-order valence-electron chi connectivity index (χ1n) is 6.39. The number of carboxylic acids is 1. The number of nitrogens with zero attached hydrogens (tertiary/aromatic N) is 1. The van der Waals surface area contributed by atoms with E-state index in [0.717, 1.165) is 25.3 Å². The van der Waals surface area contributed by atoms with Crippen LogP contribution in [0.3, 0.4) is 0 Å². The molecule has 0 heterocycles. The number of hydrogen-bond donors (Lipinski definition) is 2. The Labute approximate surface area is 131 Å². The highest BCUT2D eigenvalue weighted by atomic mass is 35.5. The van der Waals surface area contributed by atoms with Gasteiger partial charge in [-0.2, -0.15) is 11.8 Å². The van der Waals surface area contributed by atoms with Crippen molar-refractivity contribution in [2.75, 3.05) is 18.1 Å². The molecule has 1 aromatic carbocycles. The molecule has 114 valence electrons. The molecule has 1 fully saturated rings. The zero-order valence-corrected chi connectivity index (χ0v) is 13.0. The molecule has 8 heteroatoms. The van der Waals surface area contributed by atoms with Gasteiger partial charge in [-0.05, 0) is 19.1 Å². The van der Waals surface area contributed by atoms with E-state index >= 15 is 0 Å². The maximum absolute atomic E-state index is 11.3. The number of carboxylic acid groups (broad SMARTS) is 1. The van der Waals surface area contributed by atoms with E-state index in [9.17, 15) is 20.0 Å². The Bertz CT molecular complexity index is 584. The van der Waals surface area contributed by atoms with Crippen molar-refractivity contribution in [1.29, 1.82) is 0 Å². The third-order valence-corrected chi connectivity index (χ3v) is 5.52. The predicted molar refractivity (Wildman–Crippen MR) is 83.7 cm³/mol. The molecule has 0 bridgehead atoms. The Morgan fingerprint density at radius 3 is 2.67 bits per heavy atom. The molecule has 1 saturated carbocycles. The molecular weight excluding hydrogens is 316 g/mol. The number of non-ortho nitro benzene ring substituents is 1. The molecule has 1 aliphatic rings. The highest BCUT2D eigenvalue weighted by molar-refractivity contribution is 8.00. The van der Waals surface area contributed by atoms with Crippen molar-refractivity contribution in [3.05, 3.63) is 32.8 Å². The lowest BCUT2D eigenvalue weighted by atomic mass is 9.84. The standard InChI is InChI=1S/C13H15ClN2O4S/c1-21-13(3-2-4-13)7-15-11-9(12(17)18)5-8(16(19)20)6-10(11)14/h5-6,15H,2-4,7H2,1H3,(H,17,18). The highest BCUT2D eigenvalue weighted by Crippen LogP contribution is 2.43. The number of carbonyl (C=O) groups is 1. The van der Waals surface area contributed by atoms with Crippen LogP contribution in [0.25, 0.3) is 0 Å². The Kier molecular flexibility index (Phi) is 4.63. The second kappa shape index (κ2) is 6.11. The first kappa shape index (κ1) is 15.9. The summed E-state index contributed by atoms with van der Waals surface area (Å²) in [5, 5.41) is 23.1. The third-order valence-electron chi connectivity index (χ3n) is 3.80. The summed E-state index contributed by atoms with van der Waals surface area (Å²) in [6.45, 7) is 0.589. The zero-order chi connectivity index (χ0) is 15.6. The van der Waals surface area contributed by atoms with Crippen molar-refractivity contribution in [2.24, 2.45) is 0 Å². The monoisotopic (exact) mass is 330 g/mol. The average Bonchev–Trinajstić information content (AvgIpc) is 2.38. The minimum atomic E-state index is -1.24. The number of nitro benzene ring substituents is 1. The van der Waals surface area contributed by atoms with Crippen molar-refractivity contribution >= 4 is 40.7 Å². The fourth-order valence-electron chi connectivity index (χ4n) is 2.32. The summed E-state index contributed by atoms with van der Waals surface area (Å²) in [6.07, 6.45) is 5.31. The molecule has 6 nitrogen and oxygen atoms in total. The largest absolute Gasteiger partial charge is 0.478 e. The van der Waals surface area contributed by atoms with Crippen LogP contribution >= 0.6 is 23.4 Å². The van der Waals surface area contributed by atoms with Gasteiger partial charge in [0.15, 0.2) is 0 Å². The number of halogens is 1. The molecule has 2 rings (SSSR count). The van der Waals surface area contributed by atoms with E-state index in [1.807, 2.05) is 6.26 Å². The minimum absolute atomic E-state index is 0.0529. The van der Waals surface area contributed by atoms with E-state index in [1.54, 1.807) is 11.8 Å². The van der Waals surface area contributed by atoms with E-state index in [2.05, 4.69) is 5.32 Å². The second-order valence-corrected chi connectivity index (χ2v) is 6.69. The lowest BCUT2D eigenvalue weighted by Crippen LogP contribution is -2.40. The summed E-state index contributed by atoms with van der Waals surface area (Å²) in [4.78, 5) is 21.4. The second-order valence-electron chi connectivity index (χ2n) is 5.01. The lowest BCUT2D eigenvalue weighted by Gasteiger charge is -2.40. The first-order chi connectivity index (χ1) is 9.88. The third kappa shape index (κ3) is 3.24. The number of nitrogens with one attached hydrogen (secondary N) is 1. The van der Waals surface area contributed by atoms with E-state index < -0.39 is 10.9 Å². The Hall–Kier alpha value is -1.47. The number of rotatable bonds is 6. The van der Waals surface area contributed by atoms with Gasteiger partial charge in [0.05, 0.1) is 21.2 Å². The average molecular weight is 331 g/mol. The molecule has 0 atom stereocenters. The zero-order valence-electron chi connectivity index (χ0n) is 11.4. The Morgan fingerprint density at radius 2 is 2.24 bits per heavy atom. The molecule has 0 aliphatic heterocycles. The van der Waals surface area contributed by atoms with Crippen molar-refractivity contribution in [3.63, 3.8) is 0 Å². The van der Waals surface area contributed by atoms with Crippen LogP contribution in [0.15, 0.2) is 12.1 Å². The van der Waals surface area contributed by atoms with Gasteiger partial charge in [-0.1, -0.05) is 18.0 Å². The van der Waals surface area contributed by atoms with Gasteiger partial charge in [0.25, 0.3) is 5.69 Å². The molecule has 2 N–H and O–H groups in total. The molecule has 0 radical (unpaired) electrons. The SMILES string of the molecule is CSC1(CNc2c(Cl)cc([N+](=O)[O-])cc2C(=O)O)CCC1. The van der Waals surface area contributed by atoms with Gasteiger partial charge < -0.3 is 10.4 Å². The predicted octanol–water partition coefficient (Wildman–Crippen LogP) is 3.64. The summed E-state index contributed by atoms with van der Waals surface area (Å²) in [5.41, 5.74) is -0.258. The maximum atomic E-state index is 11.3. The smallest absolute Gasteiger partial charge is 0.338 e. The number of anilines is 1. The van der Waals surface area contributed by atoms with Gasteiger partial charge in [0.2, 0.25) is 0 Å². The fraction of sp³-hybridized carbons (Fsp3) is 0.462. The van der Waals surface area contributed by atoms with Gasteiger partial charge in [-0.3, -0.25) is 10.1 Å². The normalized spacial score (nSPS) is 16.1. The number of benzene rings is 1. The van der Waals surface area contributed by atoms with Crippen molar-refractivity contribution in [1.82, 2.24) is 0 Å². The van der Waals surface area contributed by atoms with Crippen LogP contribution in [0.2, 0.25) is 5.02 Å². The first-order valence-corrected chi connectivity index (χ1v) is 7.99. The van der Waals surface area contributed by atoms with Gasteiger partial charge in [0, 0.05) is 23.4 Å². The topological polar surface area (TPSA) is 92.5 Å². The summed E-state index contributed by atoms with van der Waals surface area (Å²) in [6, 6.07) is 2.20. The molecule has 0 unspecified atom stereocenters. The Morgan fingerprint density at radius 1 is 1.57 bits per heavy atom. The van der Waals surface area contributed by atoms with E-state index in [1.165, 1.54) is 6.07 Å². The summed E-state index contributed by atoms with van der Waals surface area (Å²) >= 11 is 7.76. The summed E-state index contributed by atoms with van der Waals surface area (Å²) < 4.78 is 0.0981. The van der Waals surface area contributed by atoms with Crippen molar-refractivity contribution in [2.45, 2.75) is 24.0 Å². The van der Waals surface area contributed by atoms with E-state index in [0.29, 0.717) is 6.54 Å².